The highest BCUT2D eigenvalue weighted by molar-refractivity contribution is 5.85. The molecule has 2 nitrogen and oxygen atoms in total. The normalized spacial score (nSPS) is 41.6. The monoisotopic (exact) mass is 249 g/mol. The zero-order valence-corrected chi connectivity index (χ0v) is 11.9. The van der Waals surface area contributed by atoms with Crippen LogP contribution in [0.2, 0.25) is 0 Å². The Hall–Kier alpha value is -0.370. The molecule has 102 valence electrons. The van der Waals surface area contributed by atoms with Crippen LogP contribution in [0.4, 0.5) is 0 Å². The molecule has 4 atom stereocenters. The lowest BCUT2D eigenvalue weighted by atomic mass is 9.62. The van der Waals surface area contributed by atoms with E-state index in [1.165, 1.54) is 51.6 Å². The number of hydrogen-bond donors (Lipinski definition) is 0. The fourth-order valence-corrected chi connectivity index (χ4v) is 4.56. The number of likely N-dealkylation sites (tertiary alicyclic amines) is 1. The summed E-state index contributed by atoms with van der Waals surface area (Å²) >= 11 is 0. The highest BCUT2D eigenvalue weighted by Crippen LogP contribution is 2.44. The Balaban J connectivity index is 1.76. The SMILES string of the molecule is CC(C)C1CC2CCC(N3CCCC3)C(C1)C2=O. The Bertz CT molecular complexity index is 319. The maximum Gasteiger partial charge on any atom is 0.140 e. The quantitative estimate of drug-likeness (QED) is 0.749. The van der Waals surface area contributed by atoms with Crippen LogP contribution in [-0.4, -0.2) is 29.8 Å². The molecule has 0 amide bonds. The first kappa shape index (κ1) is 12.7. The van der Waals surface area contributed by atoms with Crippen molar-refractivity contribution in [1.82, 2.24) is 4.90 Å². The number of carbonyl (C=O) groups is 1. The van der Waals surface area contributed by atoms with Gasteiger partial charge in [0.1, 0.15) is 5.78 Å². The van der Waals surface area contributed by atoms with Gasteiger partial charge in [-0.3, -0.25) is 9.69 Å². The van der Waals surface area contributed by atoms with Crippen molar-refractivity contribution >= 4 is 5.78 Å². The molecule has 2 heteroatoms. The van der Waals surface area contributed by atoms with Crippen molar-refractivity contribution in [3.63, 3.8) is 0 Å². The largest absolute Gasteiger partial charge is 0.300 e. The number of rotatable bonds is 2. The minimum absolute atomic E-state index is 0.378. The first-order valence-corrected chi connectivity index (χ1v) is 7.94. The first-order chi connectivity index (χ1) is 8.66. The molecule has 0 spiro atoms. The fraction of sp³-hybridized carbons (Fsp3) is 0.938. The summed E-state index contributed by atoms with van der Waals surface area (Å²) in [4.78, 5) is 15.1. The van der Waals surface area contributed by atoms with Gasteiger partial charge in [0.25, 0.3) is 0 Å². The summed E-state index contributed by atoms with van der Waals surface area (Å²) in [7, 11) is 0. The Morgan fingerprint density at radius 1 is 1.11 bits per heavy atom. The van der Waals surface area contributed by atoms with Gasteiger partial charge in [-0.1, -0.05) is 13.8 Å². The van der Waals surface area contributed by atoms with Crippen LogP contribution in [0.5, 0.6) is 0 Å². The lowest BCUT2D eigenvalue weighted by Crippen LogP contribution is -2.51. The maximum atomic E-state index is 12.5. The van der Waals surface area contributed by atoms with E-state index >= 15 is 0 Å². The fourth-order valence-electron chi connectivity index (χ4n) is 4.56. The minimum Gasteiger partial charge on any atom is -0.300 e. The van der Waals surface area contributed by atoms with E-state index in [4.69, 9.17) is 0 Å². The Morgan fingerprint density at radius 3 is 2.50 bits per heavy atom. The Morgan fingerprint density at radius 2 is 1.83 bits per heavy atom. The molecule has 0 N–H and O–H groups in total. The number of Topliss-reactive ketones (excluding diaryl/α,β-unsaturated/α-hetero) is 1. The van der Waals surface area contributed by atoms with Gasteiger partial charge in [0, 0.05) is 17.9 Å². The molecular weight excluding hydrogens is 222 g/mol. The van der Waals surface area contributed by atoms with Crippen molar-refractivity contribution in [2.45, 2.75) is 58.4 Å². The van der Waals surface area contributed by atoms with E-state index in [1.807, 2.05) is 0 Å². The Labute approximate surface area is 111 Å². The molecule has 2 bridgehead atoms. The van der Waals surface area contributed by atoms with Crippen LogP contribution >= 0.6 is 0 Å². The third-order valence-corrected chi connectivity index (χ3v) is 5.74. The number of fused-ring (bicyclic) bond motifs is 2. The van der Waals surface area contributed by atoms with Gasteiger partial charge in [-0.05, 0) is 63.5 Å². The van der Waals surface area contributed by atoms with Crippen molar-refractivity contribution in [1.29, 1.82) is 0 Å². The molecule has 1 heterocycles. The van der Waals surface area contributed by atoms with Gasteiger partial charge in [0.15, 0.2) is 0 Å². The number of nitrogens with zero attached hydrogens (tertiary/aromatic N) is 1. The number of hydrogen-bond acceptors (Lipinski definition) is 2. The molecule has 0 radical (unpaired) electrons. The summed E-state index contributed by atoms with van der Waals surface area (Å²) in [6, 6.07) is 0.595. The zero-order chi connectivity index (χ0) is 12.7. The van der Waals surface area contributed by atoms with Gasteiger partial charge >= 0.3 is 0 Å². The van der Waals surface area contributed by atoms with E-state index in [0.29, 0.717) is 23.7 Å². The average molecular weight is 249 g/mol. The van der Waals surface area contributed by atoms with Crippen molar-refractivity contribution in [3.05, 3.63) is 0 Å². The summed E-state index contributed by atoms with van der Waals surface area (Å²) in [6.45, 7) is 7.15. The first-order valence-electron chi connectivity index (χ1n) is 7.94. The molecular formula is C16H27NO. The highest BCUT2D eigenvalue weighted by Gasteiger charge is 2.46. The standard InChI is InChI=1S/C16H27NO/c1-11(2)13-9-12-5-6-15(14(10-13)16(12)18)17-7-3-4-8-17/h11-15H,3-10H2,1-2H3. The molecule has 3 aliphatic rings. The van der Waals surface area contributed by atoms with Crippen molar-refractivity contribution in [3.8, 4) is 0 Å². The van der Waals surface area contributed by atoms with Gasteiger partial charge in [-0.2, -0.15) is 0 Å². The second kappa shape index (κ2) is 4.96. The maximum absolute atomic E-state index is 12.5. The minimum atomic E-state index is 0.378. The van der Waals surface area contributed by atoms with E-state index in [9.17, 15) is 4.79 Å². The lowest BCUT2D eigenvalue weighted by Gasteiger charge is -2.46. The predicted octanol–water partition coefficient (Wildman–Crippen LogP) is 3.11. The molecule has 3 rings (SSSR count). The van der Waals surface area contributed by atoms with Crippen LogP contribution in [0.1, 0.15) is 52.4 Å². The molecule has 1 aliphatic heterocycles. The van der Waals surface area contributed by atoms with Crippen LogP contribution in [0.25, 0.3) is 0 Å². The van der Waals surface area contributed by atoms with Crippen molar-refractivity contribution < 1.29 is 4.79 Å². The Kier molecular flexibility index (Phi) is 3.48. The van der Waals surface area contributed by atoms with Crippen LogP contribution in [-0.2, 0) is 4.79 Å². The molecule has 2 aliphatic carbocycles. The van der Waals surface area contributed by atoms with Gasteiger partial charge in [0.05, 0.1) is 0 Å². The predicted molar refractivity (Wildman–Crippen MR) is 73.4 cm³/mol. The third-order valence-electron chi connectivity index (χ3n) is 5.74. The number of ketones is 1. The second-order valence-electron chi connectivity index (χ2n) is 7.07. The van der Waals surface area contributed by atoms with E-state index < -0.39 is 0 Å². The summed E-state index contributed by atoms with van der Waals surface area (Å²) in [5.74, 6) is 2.96. The second-order valence-corrected chi connectivity index (χ2v) is 7.07. The molecule has 3 fully saturated rings. The summed E-state index contributed by atoms with van der Waals surface area (Å²) in [5, 5.41) is 0. The van der Waals surface area contributed by atoms with E-state index in [2.05, 4.69) is 18.7 Å². The van der Waals surface area contributed by atoms with Gasteiger partial charge < -0.3 is 0 Å². The zero-order valence-electron chi connectivity index (χ0n) is 11.9. The van der Waals surface area contributed by atoms with Gasteiger partial charge in [0.2, 0.25) is 0 Å². The topological polar surface area (TPSA) is 20.3 Å². The number of carbonyl (C=O) groups excluding carboxylic acids is 1. The molecule has 0 aromatic rings. The van der Waals surface area contributed by atoms with Crippen molar-refractivity contribution in [2.75, 3.05) is 13.1 Å². The van der Waals surface area contributed by atoms with E-state index in [0.717, 1.165) is 11.8 Å². The molecule has 1 saturated heterocycles. The summed E-state index contributed by atoms with van der Waals surface area (Å²) in [6.07, 6.45) is 7.49. The molecule has 0 aromatic carbocycles. The van der Waals surface area contributed by atoms with E-state index in [-0.39, 0.29) is 0 Å². The highest BCUT2D eigenvalue weighted by atomic mass is 16.1. The average Bonchev–Trinajstić information content (AvgIpc) is 2.82. The third kappa shape index (κ3) is 2.13. The smallest absolute Gasteiger partial charge is 0.140 e. The van der Waals surface area contributed by atoms with Crippen LogP contribution in [0, 0.1) is 23.7 Å². The van der Waals surface area contributed by atoms with Crippen LogP contribution < -0.4 is 0 Å². The van der Waals surface area contributed by atoms with E-state index in [1.54, 1.807) is 0 Å². The van der Waals surface area contributed by atoms with Crippen molar-refractivity contribution in [2.24, 2.45) is 23.7 Å². The molecule has 0 aromatic heterocycles. The molecule has 4 unspecified atom stereocenters. The summed E-state index contributed by atoms with van der Waals surface area (Å²) in [5.41, 5.74) is 0. The van der Waals surface area contributed by atoms with Crippen LogP contribution in [0.3, 0.4) is 0 Å². The molecule has 2 saturated carbocycles. The summed E-state index contributed by atoms with van der Waals surface area (Å²) < 4.78 is 0. The van der Waals surface area contributed by atoms with Gasteiger partial charge in [-0.15, -0.1) is 0 Å². The van der Waals surface area contributed by atoms with Crippen LogP contribution in [0.15, 0.2) is 0 Å². The lowest BCUT2D eigenvalue weighted by molar-refractivity contribution is -0.138. The van der Waals surface area contributed by atoms with Gasteiger partial charge in [-0.25, -0.2) is 0 Å². The molecule has 18 heavy (non-hydrogen) atoms.